The molecule has 0 aromatic carbocycles. The van der Waals surface area contributed by atoms with Crippen molar-refractivity contribution in [1.29, 1.82) is 0 Å². The molecule has 1 aliphatic rings. The molecule has 1 saturated carbocycles. The number of carbonyl (C=O) groups excluding carboxylic acids is 1. The molecule has 1 fully saturated rings. The zero-order valence-corrected chi connectivity index (χ0v) is 11.6. The molecular formula is C14H19ClN2O. The highest BCUT2D eigenvalue weighted by atomic mass is 35.5. The van der Waals surface area contributed by atoms with Gasteiger partial charge in [-0.05, 0) is 44.7 Å². The zero-order chi connectivity index (χ0) is 13.1. The van der Waals surface area contributed by atoms with E-state index in [0.29, 0.717) is 16.6 Å². The van der Waals surface area contributed by atoms with E-state index in [-0.39, 0.29) is 11.9 Å². The smallest absolute Gasteiger partial charge is 0.251 e. The van der Waals surface area contributed by atoms with Gasteiger partial charge >= 0.3 is 0 Å². The number of carbonyl (C=O) groups is 1. The predicted molar refractivity (Wildman–Crippen MR) is 72.9 cm³/mol. The number of hydrogen-bond donors (Lipinski definition) is 1. The Balaban J connectivity index is 2.02. The fourth-order valence-electron chi connectivity index (χ4n) is 2.62. The van der Waals surface area contributed by atoms with Crippen molar-refractivity contribution in [3.8, 4) is 0 Å². The third-order valence-corrected chi connectivity index (χ3v) is 3.84. The second-order valence-corrected chi connectivity index (χ2v) is 5.51. The summed E-state index contributed by atoms with van der Waals surface area (Å²) in [7, 11) is 0. The molecule has 18 heavy (non-hydrogen) atoms. The standard InChI is InChI=1S/C14H19ClN2O/c1-9-7-12(8-13(15)16-9)14(18)17-10(2)11-5-3-4-6-11/h7-8,10-11H,3-6H2,1-2H3,(H,17,18). The molecule has 98 valence electrons. The first-order chi connectivity index (χ1) is 8.56. The number of aromatic nitrogens is 1. The average molecular weight is 267 g/mol. The van der Waals surface area contributed by atoms with Gasteiger partial charge in [0.1, 0.15) is 5.15 Å². The van der Waals surface area contributed by atoms with Crippen LogP contribution in [-0.4, -0.2) is 16.9 Å². The molecule has 4 heteroatoms. The first-order valence-corrected chi connectivity index (χ1v) is 6.89. The summed E-state index contributed by atoms with van der Waals surface area (Å²) < 4.78 is 0. The molecule has 1 aromatic heterocycles. The Labute approximate surface area is 113 Å². The maximum atomic E-state index is 12.1. The van der Waals surface area contributed by atoms with Gasteiger partial charge in [0.2, 0.25) is 0 Å². The molecule has 0 aliphatic heterocycles. The molecule has 1 aliphatic carbocycles. The van der Waals surface area contributed by atoms with Crippen LogP contribution in [0.15, 0.2) is 12.1 Å². The number of halogens is 1. The fourth-order valence-corrected chi connectivity index (χ4v) is 2.88. The maximum Gasteiger partial charge on any atom is 0.251 e. The summed E-state index contributed by atoms with van der Waals surface area (Å²) in [4.78, 5) is 16.2. The van der Waals surface area contributed by atoms with Crippen molar-refractivity contribution in [2.75, 3.05) is 0 Å². The van der Waals surface area contributed by atoms with Gasteiger partial charge < -0.3 is 5.32 Å². The van der Waals surface area contributed by atoms with Gasteiger partial charge in [0.15, 0.2) is 0 Å². The molecule has 3 nitrogen and oxygen atoms in total. The van der Waals surface area contributed by atoms with Crippen LogP contribution in [0.2, 0.25) is 5.15 Å². The minimum atomic E-state index is -0.0539. The number of amides is 1. The van der Waals surface area contributed by atoms with Crippen molar-refractivity contribution in [3.63, 3.8) is 0 Å². The molecule has 1 unspecified atom stereocenters. The van der Waals surface area contributed by atoms with Gasteiger partial charge in [-0.15, -0.1) is 0 Å². The van der Waals surface area contributed by atoms with Crippen LogP contribution in [0.5, 0.6) is 0 Å². The first-order valence-electron chi connectivity index (χ1n) is 6.51. The van der Waals surface area contributed by atoms with E-state index in [9.17, 15) is 4.79 Å². The SMILES string of the molecule is Cc1cc(C(=O)NC(C)C2CCCC2)cc(Cl)n1. The summed E-state index contributed by atoms with van der Waals surface area (Å²) in [6.07, 6.45) is 5.01. The van der Waals surface area contributed by atoms with Crippen molar-refractivity contribution in [3.05, 3.63) is 28.5 Å². The highest BCUT2D eigenvalue weighted by Gasteiger charge is 2.23. The van der Waals surface area contributed by atoms with Crippen LogP contribution in [0.25, 0.3) is 0 Å². The third kappa shape index (κ3) is 3.22. The van der Waals surface area contributed by atoms with E-state index in [1.807, 2.05) is 6.92 Å². The second-order valence-electron chi connectivity index (χ2n) is 5.13. The number of nitrogens with zero attached hydrogens (tertiary/aromatic N) is 1. The van der Waals surface area contributed by atoms with Gasteiger partial charge in [0, 0.05) is 17.3 Å². The Morgan fingerprint density at radius 2 is 2.11 bits per heavy atom. The molecule has 0 spiro atoms. The normalized spacial score (nSPS) is 17.7. The lowest BCUT2D eigenvalue weighted by atomic mass is 9.99. The van der Waals surface area contributed by atoms with E-state index in [1.54, 1.807) is 12.1 Å². The van der Waals surface area contributed by atoms with Crippen molar-refractivity contribution in [2.45, 2.75) is 45.6 Å². The zero-order valence-electron chi connectivity index (χ0n) is 10.9. The van der Waals surface area contributed by atoms with Crippen LogP contribution >= 0.6 is 11.6 Å². The van der Waals surface area contributed by atoms with Crippen molar-refractivity contribution < 1.29 is 4.79 Å². The Kier molecular flexibility index (Phi) is 4.23. The monoisotopic (exact) mass is 266 g/mol. The van der Waals surface area contributed by atoms with Gasteiger partial charge in [-0.1, -0.05) is 24.4 Å². The quantitative estimate of drug-likeness (QED) is 0.853. The minimum absolute atomic E-state index is 0.0539. The molecule has 0 bridgehead atoms. The molecule has 0 radical (unpaired) electrons. The van der Waals surface area contributed by atoms with Gasteiger partial charge in [0.05, 0.1) is 0 Å². The molecule has 1 heterocycles. The lowest BCUT2D eigenvalue weighted by molar-refractivity contribution is 0.0927. The summed E-state index contributed by atoms with van der Waals surface area (Å²) in [5.74, 6) is 0.564. The number of pyridine rings is 1. The van der Waals surface area contributed by atoms with Crippen LogP contribution in [0.3, 0.4) is 0 Å². The summed E-state index contributed by atoms with van der Waals surface area (Å²) in [5, 5.41) is 3.44. The lowest BCUT2D eigenvalue weighted by Crippen LogP contribution is -2.37. The Morgan fingerprint density at radius 3 is 2.72 bits per heavy atom. The number of rotatable bonds is 3. The van der Waals surface area contributed by atoms with Crippen molar-refractivity contribution in [1.82, 2.24) is 10.3 Å². The van der Waals surface area contributed by atoms with Gasteiger partial charge in [0.25, 0.3) is 5.91 Å². The molecule has 1 aromatic rings. The van der Waals surface area contributed by atoms with E-state index in [0.717, 1.165) is 5.69 Å². The van der Waals surface area contributed by atoms with Crippen molar-refractivity contribution in [2.24, 2.45) is 5.92 Å². The highest BCUT2D eigenvalue weighted by molar-refractivity contribution is 6.29. The molecule has 1 atom stereocenters. The summed E-state index contributed by atoms with van der Waals surface area (Å²) in [5.41, 5.74) is 1.36. The van der Waals surface area contributed by atoms with Crippen LogP contribution in [-0.2, 0) is 0 Å². The Morgan fingerprint density at radius 1 is 1.44 bits per heavy atom. The van der Waals surface area contributed by atoms with Crippen LogP contribution in [0.4, 0.5) is 0 Å². The predicted octanol–water partition coefficient (Wildman–Crippen LogP) is 3.35. The van der Waals surface area contributed by atoms with Gasteiger partial charge in [-0.25, -0.2) is 4.98 Å². The maximum absolute atomic E-state index is 12.1. The van der Waals surface area contributed by atoms with Crippen LogP contribution < -0.4 is 5.32 Å². The van der Waals surface area contributed by atoms with Crippen LogP contribution in [0.1, 0.15) is 48.7 Å². The molecule has 0 saturated heterocycles. The fraction of sp³-hybridized carbons (Fsp3) is 0.571. The second kappa shape index (κ2) is 5.70. The topological polar surface area (TPSA) is 42.0 Å². The average Bonchev–Trinajstić information content (AvgIpc) is 2.80. The largest absolute Gasteiger partial charge is 0.349 e. The summed E-state index contributed by atoms with van der Waals surface area (Å²) in [6.45, 7) is 3.92. The molecule has 1 N–H and O–H groups in total. The van der Waals surface area contributed by atoms with Gasteiger partial charge in [-0.3, -0.25) is 4.79 Å². The first kappa shape index (κ1) is 13.3. The van der Waals surface area contributed by atoms with E-state index < -0.39 is 0 Å². The Bertz CT molecular complexity index is 421. The van der Waals surface area contributed by atoms with E-state index in [1.165, 1.54) is 25.7 Å². The van der Waals surface area contributed by atoms with Crippen LogP contribution in [0, 0.1) is 12.8 Å². The lowest BCUT2D eigenvalue weighted by Gasteiger charge is -2.20. The van der Waals surface area contributed by atoms with E-state index in [4.69, 9.17) is 11.6 Å². The van der Waals surface area contributed by atoms with Crippen molar-refractivity contribution >= 4 is 17.5 Å². The summed E-state index contributed by atoms with van der Waals surface area (Å²) >= 11 is 5.87. The Hall–Kier alpha value is -1.09. The molecule has 2 rings (SSSR count). The third-order valence-electron chi connectivity index (χ3n) is 3.65. The number of nitrogens with one attached hydrogen (secondary N) is 1. The van der Waals surface area contributed by atoms with Gasteiger partial charge in [-0.2, -0.15) is 0 Å². The number of hydrogen-bond acceptors (Lipinski definition) is 2. The van der Waals surface area contributed by atoms with E-state index >= 15 is 0 Å². The molecular weight excluding hydrogens is 248 g/mol. The molecule has 1 amide bonds. The minimum Gasteiger partial charge on any atom is -0.349 e. The van der Waals surface area contributed by atoms with E-state index in [2.05, 4.69) is 17.2 Å². The number of aryl methyl sites for hydroxylation is 1. The summed E-state index contributed by atoms with van der Waals surface area (Å²) in [6, 6.07) is 3.61. The highest BCUT2D eigenvalue weighted by Crippen LogP contribution is 2.27.